The number of rotatable bonds is 8. The number of piperidine rings is 1. The van der Waals surface area contributed by atoms with Crippen LogP contribution in [0.3, 0.4) is 0 Å². The van der Waals surface area contributed by atoms with Crippen LogP contribution in [0.1, 0.15) is 45.4 Å². The molecule has 116 valence electrons. The molecule has 1 aliphatic heterocycles. The second-order valence-electron chi connectivity index (χ2n) is 5.61. The van der Waals surface area contributed by atoms with Gasteiger partial charge in [0.2, 0.25) is 11.8 Å². The van der Waals surface area contributed by atoms with E-state index < -0.39 is 0 Å². The molecule has 0 aromatic carbocycles. The van der Waals surface area contributed by atoms with Crippen LogP contribution in [0, 0.1) is 5.92 Å². The molecule has 0 aromatic rings. The second-order valence-corrected chi connectivity index (χ2v) is 5.61. The minimum atomic E-state index is 0.130. The highest BCUT2D eigenvalue weighted by atomic mass is 16.2. The summed E-state index contributed by atoms with van der Waals surface area (Å²) in [6.45, 7) is 5.27. The molecule has 0 spiro atoms. The van der Waals surface area contributed by atoms with Crippen molar-refractivity contribution in [3.05, 3.63) is 0 Å². The first-order chi connectivity index (χ1) is 9.67. The first-order valence-corrected chi connectivity index (χ1v) is 7.86. The van der Waals surface area contributed by atoms with Gasteiger partial charge in [-0.3, -0.25) is 9.59 Å². The predicted molar refractivity (Wildman–Crippen MR) is 80.4 cm³/mol. The highest BCUT2D eigenvalue weighted by molar-refractivity contribution is 5.76. The molecule has 2 amide bonds. The van der Waals surface area contributed by atoms with E-state index in [0.29, 0.717) is 25.3 Å². The van der Waals surface area contributed by atoms with Gasteiger partial charge in [0.1, 0.15) is 0 Å². The third kappa shape index (κ3) is 6.37. The van der Waals surface area contributed by atoms with E-state index >= 15 is 0 Å². The molecule has 0 saturated carbocycles. The molecule has 5 nitrogen and oxygen atoms in total. The lowest BCUT2D eigenvalue weighted by Crippen LogP contribution is -2.43. The molecule has 1 fully saturated rings. The van der Waals surface area contributed by atoms with Crippen molar-refractivity contribution < 1.29 is 9.59 Å². The van der Waals surface area contributed by atoms with Crippen molar-refractivity contribution in [3.63, 3.8) is 0 Å². The average Bonchev–Trinajstić information content (AvgIpc) is 2.46. The number of hydrogen-bond donors (Lipinski definition) is 2. The Hall–Kier alpha value is -1.10. The maximum Gasteiger partial charge on any atom is 0.222 e. The Kier molecular flexibility index (Phi) is 8.26. The Balaban J connectivity index is 2.27. The fourth-order valence-corrected chi connectivity index (χ4v) is 2.61. The molecule has 0 bridgehead atoms. The highest BCUT2D eigenvalue weighted by Gasteiger charge is 2.23. The summed E-state index contributed by atoms with van der Waals surface area (Å²) in [4.78, 5) is 25.5. The van der Waals surface area contributed by atoms with Crippen LogP contribution in [-0.2, 0) is 9.59 Å². The van der Waals surface area contributed by atoms with E-state index in [1.807, 2.05) is 18.9 Å². The van der Waals surface area contributed by atoms with Gasteiger partial charge in [-0.05, 0) is 45.2 Å². The van der Waals surface area contributed by atoms with E-state index in [1.165, 1.54) is 0 Å². The molecule has 5 heteroatoms. The Morgan fingerprint density at radius 3 is 2.80 bits per heavy atom. The van der Waals surface area contributed by atoms with Crippen molar-refractivity contribution in [2.75, 3.05) is 33.2 Å². The average molecular weight is 283 g/mol. The van der Waals surface area contributed by atoms with Crippen LogP contribution in [0.15, 0.2) is 0 Å². The number of carbonyl (C=O) groups excluding carboxylic acids is 2. The van der Waals surface area contributed by atoms with Gasteiger partial charge in [0.05, 0.1) is 0 Å². The number of carbonyl (C=O) groups is 2. The molecular weight excluding hydrogens is 254 g/mol. The molecule has 1 heterocycles. The first kappa shape index (κ1) is 17.0. The van der Waals surface area contributed by atoms with Gasteiger partial charge in [0, 0.05) is 32.5 Å². The summed E-state index contributed by atoms with van der Waals surface area (Å²) in [5, 5.41) is 6.04. The number of nitrogens with one attached hydrogen (secondary N) is 2. The molecule has 2 N–H and O–H groups in total. The van der Waals surface area contributed by atoms with Gasteiger partial charge < -0.3 is 15.5 Å². The predicted octanol–water partition coefficient (Wildman–Crippen LogP) is 1.14. The van der Waals surface area contributed by atoms with E-state index in [-0.39, 0.29) is 11.8 Å². The molecule has 1 saturated heterocycles. The smallest absolute Gasteiger partial charge is 0.222 e. The zero-order valence-electron chi connectivity index (χ0n) is 12.9. The fraction of sp³-hybridized carbons (Fsp3) is 0.867. The molecule has 1 aliphatic rings. The quantitative estimate of drug-likeness (QED) is 0.657. The lowest BCUT2D eigenvalue weighted by Gasteiger charge is -2.33. The van der Waals surface area contributed by atoms with Gasteiger partial charge in [-0.15, -0.1) is 0 Å². The second kappa shape index (κ2) is 9.75. The summed E-state index contributed by atoms with van der Waals surface area (Å²) in [6.07, 6.45) is 5.14. The van der Waals surface area contributed by atoms with Crippen LogP contribution in [0.2, 0.25) is 0 Å². The summed E-state index contributed by atoms with van der Waals surface area (Å²) in [5.74, 6) is 0.799. The van der Waals surface area contributed by atoms with Crippen molar-refractivity contribution in [3.8, 4) is 0 Å². The molecule has 1 rings (SSSR count). The van der Waals surface area contributed by atoms with Gasteiger partial charge in [0.25, 0.3) is 0 Å². The van der Waals surface area contributed by atoms with Crippen LogP contribution in [-0.4, -0.2) is 49.9 Å². The SMILES string of the molecule is CCCC(=O)NCC1CCCN(C(=O)CCCNC)C1. The van der Waals surface area contributed by atoms with Gasteiger partial charge in [0.15, 0.2) is 0 Å². The molecular formula is C15H29N3O2. The lowest BCUT2D eigenvalue weighted by atomic mass is 9.97. The zero-order valence-corrected chi connectivity index (χ0v) is 12.9. The number of amides is 2. The minimum Gasteiger partial charge on any atom is -0.356 e. The maximum atomic E-state index is 12.1. The number of nitrogens with zero attached hydrogens (tertiary/aromatic N) is 1. The lowest BCUT2D eigenvalue weighted by molar-refractivity contribution is -0.133. The van der Waals surface area contributed by atoms with Crippen molar-refractivity contribution in [2.45, 2.75) is 45.4 Å². The van der Waals surface area contributed by atoms with E-state index in [9.17, 15) is 9.59 Å². The molecule has 0 radical (unpaired) electrons. The maximum absolute atomic E-state index is 12.1. The largest absolute Gasteiger partial charge is 0.356 e. The molecule has 1 atom stereocenters. The Morgan fingerprint density at radius 2 is 2.10 bits per heavy atom. The van der Waals surface area contributed by atoms with Crippen LogP contribution in [0.5, 0.6) is 0 Å². The molecule has 1 unspecified atom stereocenters. The third-order valence-corrected chi connectivity index (χ3v) is 3.75. The Labute approximate surface area is 122 Å². The standard InChI is InChI=1S/C15H29N3O2/c1-3-6-14(19)17-11-13-7-5-10-18(12-13)15(20)8-4-9-16-2/h13,16H,3-12H2,1-2H3,(H,17,19). The van der Waals surface area contributed by atoms with Gasteiger partial charge in [-0.25, -0.2) is 0 Å². The van der Waals surface area contributed by atoms with Gasteiger partial charge >= 0.3 is 0 Å². The highest BCUT2D eigenvalue weighted by Crippen LogP contribution is 2.17. The van der Waals surface area contributed by atoms with Crippen molar-refractivity contribution >= 4 is 11.8 Å². The van der Waals surface area contributed by atoms with E-state index in [1.54, 1.807) is 0 Å². The van der Waals surface area contributed by atoms with Crippen molar-refractivity contribution in [1.82, 2.24) is 15.5 Å². The van der Waals surface area contributed by atoms with Crippen LogP contribution >= 0.6 is 0 Å². The fourth-order valence-electron chi connectivity index (χ4n) is 2.61. The normalized spacial score (nSPS) is 18.9. The van der Waals surface area contributed by atoms with E-state index in [4.69, 9.17) is 0 Å². The zero-order chi connectivity index (χ0) is 14.8. The van der Waals surface area contributed by atoms with Gasteiger partial charge in [-0.1, -0.05) is 6.92 Å². The Morgan fingerprint density at radius 1 is 1.30 bits per heavy atom. The summed E-state index contributed by atoms with van der Waals surface area (Å²) in [7, 11) is 1.90. The monoisotopic (exact) mass is 283 g/mol. The first-order valence-electron chi connectivity index (χ1n) is 7.86. The minimum absolute atomic E-state index is 0.130. The number of likely N-dealkylation sites (tertiary alicyclic amines) is 1. The number of hydrogen-bond acceptors (Lipinski definition) is 3. The summed E-state index contributed by atoms with van der Waals surface area (Å²) in [5.41, 5.74) is 0. The summed E-state index contributed by atoms with van der Waals surface area (Å²) >= 11 is 0. The van der Waals surface area contributed by atoms with Crippen molar-refractivity contribution in [1.29, 1.82) is 0 Å². The molecule has 20 heavy (non-hydrogen) atoms. The molecule has 0 aromatic heterocycles. The van der Waals surface area contributed by atoms with Crippen LogP contribution in [0.4, 0.5) is 0 Å². The summed E-state index contributed by atoms with van der Waals surface area (Å²) in [6, 6.07) is 0. The van der Waals surface area contributed by atoms with Gasteiger partial charge in [-0.2, -0.15) is 0 Å². The summed E-state index contributed by atoms with van der Waals surface area (Å²) < 4.78 is 0. The van der Waals surface area contributed by atoms with E-state index in [0.717, 1.165) is 45.3 Å². The third-order valence-electron chi connectivity index (χ3n) is 3.75. The van der Waals surface area contributed by atoms with E-state index in [2.05, 4.69) is 10.6 Å². The van der Waals surface area contributed by atoms with Crippen LogP contribution < -0.4 is 10.6 Å². The Bertz CT molecular complexity index is 307. The molecule has 0 aliphatic carbocycles. The van der Waals surface area contributed by atoms with Crippen LogP contribution in [0.25, 0.3) is 0 Å². The topological polar surface area (TPSA) is 61.4 Å². The van der Waals surface area contributed by atoms with Crippen molar-refractivity contribution in [2.24, 2.45) is 5.92 Å².